The van der Waals surface area contributed by atoms with Crippen LogP contribution in [-0.4, -0.2) is 12.4 Å². The molecule has 0 amide bonds. The summed E-state index contributed by atoms with van der Waals surface area (Å²) in [5.74, 6) is 1.20. The Kier molecular flexibility index (Phi) is 2.53. The summed E-state index contributed by atoms with van der Waals surface area (Å²) in [5, 5.41) is 0. The smallest absolute Gasteiger partial charge is 0.158 e. The molecule has 1 heterocycles. The van der Waals surface area contributed by atoms with Crippen molar-refractivity contribution in [2.24, 2.45) is 0 Å². The van der Waals surface area contributed by atoms with Crippen LogP contribution in [0.1, 0.15) is 6.42 Å². The zero-order valence-electron chi connectivity index (χ0n) is 3.79. The predicted molar refractivity (Wildman–Crippen MR) is 37.3 cm³/mol. The molecular weight excluding hydrogens is 147 g/mol. The molecule has 1 nitrogen and oxygen atoms in total. The van der Waals surface area contributed by atoms with Gasteiger partial charge in [0.25, 0.3) is 0 Å². The molecule has 0 aromatic carbocycles. The Morgan fingerprint density at radius 1 is 1.71 bits per heavy atom. The maximum Gasteiger partial charge on any atom is 0.414 e. The first-order valence-electron chi connectivity index (χ1n) is 2.13. The molecule has 4 heteroatoms. The van der Waals surface area contributed by atoms with E-state index in [1.807, 2.05) is 0 Å². The number of hydrogen-bond donors (Lipinski definition) is 0. The molecule has 0 radical (unpaired) electrons. The molecule has 1 aliphatic rings. The van der Waals surface area contributed by atoms with Gasteiger partial charge in [-0.05, 0) is 6.42 Å². The quantitative estimate of drug-likeness (QED) is 0.492. The lowest BCUT2D eigenvalue weighted by Crippen LogP contribution is -1.92. The molecule has 1 unspecified atom stereocenters. The fraction of sp³-hybridized carbons (Fsp3) is 1.00. The highest BCUT2D eigenvalue weighted by atomic mass is 32.9. The topological polar surface area (TPSA) is 9.23 Å². The zero-order valence-corrected chi connectivity index (χ0v) is 6.32. The van der Waals surface area contributed by atoms with Crippen LogP contribution >= 0.6 is 17.5 Å². The van der Waals surface area contributed by atoms with Gasteiger partial charge in [-0.3, -0.25) is 0 Å². The summed E-state index contributed by atoms with van der Waals surface area (Å²) in [6.45, 7) is 0.891. The van der Waals surface area contributed by atoms with E-state index in [0.717, 1.165) is 6.61 Å². The lowest BCUT2D eigenvalue weighted by molar-refractivity contribution is 0.365. The Hall–Kier alpha value is 0.830. The molecule has 0 N–H and O–H groups in total. The molecule has 40 valence electrons. The standard InChI is InChI=1S/C3H6OPS2/c6-5-4-2-1-3-7-5/h1-3H2/q+1. The van der Waals surface area contributed by atoms with E-state index in [9.17, 15) is 0 Å². The molecule has 0 spiro atoms. The van der Waals surface area contributed by atoms with Gasteiger partial charge >= 0.3 is 6.13 Å². The van der Waals surface area contributed by atoms with Crippen molar-refractivity contribution in [1.82, 2.24) is 0 Å². The maximum atomic E-state index is 5.12. The van der Waals surface area contributed by atoms with Crippen LogP contribution in [0, 0.1) is 0 Å². The van der Waals surface area contributed by atoms with Crippen molar-refractivity contribution in [1.29, 1.82) is 0 Å². The van der Waals surface area contributed by atoms with Crippen molar-refractivity contribution >= 4 is 29.3 Å². The van der Waals surface area contributed by atoms with Crippen molar-refractivity contribution in [3.8, 4) is 0 Å². The second-order valence-electron chi connectivity index (χ2n) is 1.24. The lowest BCUT2D eigenvalue weighted by Gasteiger charge is -1.96. The van der Waals surface area contributed by atoms with E-state index in [4.69, 9.17) is 16.3 Å². The van der Waals surface area contributed by atoms with E-state index in [1.54, 1.807) is 11.4 Å². The summed E-state index contributed by atoms with van der Waals surface area (Å²) >= 11 is 6.67. The largest absolute Gasteiger partial charge is 0.414 e. The summed E-state index contributed by atoms with van der Waals surface area (Å²) in [4.78, 5) is 0. The van der Waals surface area contributed by atoms with Crippen molar-refractivity contribution in [3.63, 3.8) is 0 Å². The Morgan fingerprint density at radius 2 is 2.57 bits per heavy atom. The molecule has 0 saturated carbocycles. The molecule has 1 aliphatic heterocycles. The third-order valence-electron chi connectivity index (χ3n) is 0.682. The van der Waals surface area contributed by atoms with E-state index in [1.165, 1.54) is 12.2 Å². The lowest BCUT2D eigenvalue weighted by atomic mass is 10.5. The summed E-state index contributed by atoms with van der Waals surface area (Å²) in [6, 6.07) is 0. The van der Waals surface area contributed by atoms with Gasteiger partial charge in [0, 0.05) is 5.75 Å². The second kappa shape index (κ2) is 2.98. The van der Waals surface area contributed by atoms with Crippen molar-refractivity contribution in [3.05, 3.63) is 0 Å². The van der Waals surface area contributed by atoms with Crippen LogP contribution in [0.5, 0.6) is 0 Å². The van der Waals surface area contributed by atoms with Crippen LogP contribution in [0.25, 0.3) is 0 Å². The Morgan fingerprint density at radius 3 is 2.86 bits per heavy atom. The van der Waals surface area contributed by atoms with Crippen LogP contribution in [0.15, 0.2) is 0 Å². The van der Waals surface area contributed by atoms with Gasteiger partial charge in [-0.15, -0.1) is 0 Å². The van der Waals surface area contributed by atoms with E-state index >= 15 is 0 Å². The molecular formula is C3H6OPS2+. The molecule has 1 rings (SSSR count). The molecule has 1 atom stereocenters. The van der Waals surface area contributed by atoms with Crippen LogP contribution < -0.4 is 0 Å². The summed E-state index contributed by atoms with van der Waals surface area (Å²) in [6.07, 6.45) is 0.689. The van der Waals surface area contributed by atoms with Crippen molar-refractivity contribution in [2.45, 2.75) is 6.42 Å². The zero-order chi connectivity index (χ0) is 5.11. The average Bonchev–Trinajstić information content (AvgIpc) is 1.69. The van der Waals surface area contributed by atoms with Crippen molar-refractivity contribution in [2.75, 3.05) is 12.4 Å². The van der Waals surface area contributed by atoms with Gasteiger partial charge in [0.05, 0.1) is 0 Å². The fourth-order valence-electron chi connectivity index (χ4n) is 0.374. The third-order valence-corrected chi connectivity index (χ3v) is 4.52. The number of rotatable bonds is 0. The molecule has 1 saturated heterocycles. The van der Waals surface area contributed by atoms with Gasteiger partial charge < -0.3 is 0 Å². The highest BCUT2D eigenvalue weighted by Crippen LogP contribution is 2.42. The monoisotopic (exact) mass is 153 g/mol. The maximum absolute atomic E-state index is 5.12. The van der Waals surface area contributed by atoms with Crippen LogP contribution in [0.2, 0.25) is 0 Å². The van der Waals surface area contributed by atoms with Gasteiger partial charge in [0.2, 0.25) is 11.8 Å². The molecule has 0 aliphatic carbocycles. The minimum Gasteiger partial charge on any atom is -0.158 e. The first-order chi connectivity index (χ1) is 3.39. The molecule has 0 aromatic rings. The van der Waals surface area contributed by atoms with E-state index in [-0.39, 0.29) is 0 Å². The van der Waals surface area contributed by atoms with Crippen LogP contribution in [0.4, 0.5) is 0 Å². The van der Waals surface area contributed by atoms with E-state index in [2.05, 4.69) is 0 Å². The summed E-state index contributed by atoms with van der Waals surface area (Å²) in [5.41, 5.74) is 0. The normalized spacial score (nSPS) is 27.7. The minimum atomic E-state index is -0.492. The Labute approximate surface area is 53.1 Å². The fourth-order valence-corrected chi connectivity index (χ4v) is 3.30. The van der Waals surface area contributed by atoms with Gasteiger partial charge in [0.1, 0.15) is 18.0 Å². The van der Waals surface area contributed by atoms with Crippen molar-refractivity contribution < 1.29 is 4.52 Å². The molecule has 0 aromatic heterocycles. The first kappa shape index (κ1) is 5.96. The molecule has 7 heavy (non-hydrogen) atoms. The second-order valence-corrected chi connectivity index (χ2v) is 6.07. The highest BCUT2D eigenvalue weighted by Gasteiger charge is 2.18. The Balaban J connectivity index is 2.25. The third kappa shape index (κ3) is 2.04. The molecule has 1 fully saturated rings. The summed E-state index contributed by atoms with van der Waals surface area (Å²) in [7, 11) is 0. The summed E-state index contributed by atoms with van der Waals surface area (Å²) < 4.78 is 5.12. The van der Waals surface area contributed by atoms with Gasteiger partial charge in [-0.2, -0.15) is 4.52 Å². The van der Waals surface area contributed by atoms with Gasteiger partial charge in [0.15, 0.2) is 0 Å². The highest BCUT2D eigenvalue weighted by molar-refractivity contribution is 8.62. The van der Waals surface area contributed by atoms with Gasteiger partial charge in [-0.1, -0.05) is 0 Å². The van der Waals surface area contributed by atoms with E-state index < -0.39 is 6.13 Å². The SMILES string of the molecule is S=[P+]1OCCCS1. The first-order valence-corrected chi connectivity index (χ1v) is 5.99. The average molecular weight is 153 g/mol. The molecule has 0 bridgehead atoms. The Bertz CT molecular complexity index is 77.0. The number of hydrogen-bond acceptors (Lipinski definition) is 3. The van der Waals surface area contributed by atoms with E-state index in [0.29, 0.717) is 0 Å². The minimum absolute atomic E-state index is 0.492. The van der Waals surface area contributed by atoms with Crippen LogP contribution in [0.3, 0.4) is 0 Å². The predicted octanol–water partition coefficient (Wildman–Crippen LogP) is 1.91. The van der Waals surface area contributed by atoms with Gasteiger partial charge in [-0.25, -0.2) is 0 Å². The van der Waals surface area contributed by atoms with Crippen LogP contribution in [-0.2, 0) is 16.3 Å².